The summed E-state index contributed by atoms with van der Waals surface area (Å²) in [5.74, 6) is 4.41. The molecule has 0 N–H and O–H groups in total. The molecule has 6 nitrogen and oxygen atoms in total. The zero-order chi connectivity index (χ0) is 48.7. The number of aryl methyl sites for hydroxylation is 3. The number of rotatable bonds is 19. The highest BCUT2D eigenvalue weighted by molar-refractivity contribution is 7.45. The van der Waals surface area contributed by atoms with E-state index in [2.05, 4.69) is 176 Å². The van der Waals surface area contributed by atoms with Gasteiger partial charge in [0.2, 0.25) is 0 Å². The molecule has 8 heteroatoms. The Morgan fingerprint density at radius 2 is 1.24 bits per heavy atom. The Labute approximate surface area is 406 Å². The molecular formula is C58H90N2O4P2. The van der Waals surface area contributed by atoms with Crippen LogP contribution in [0.15, 0.2) is 59.4 Å². The lowest BCUT2D eigenvalue weighted by Crippen LogP contribution is -2.30. The highest BCUT2D eigenvalue weighted by Gasteiger charge is 2.37. The smallest absolute Gasteiger partial charge is 0.384 e. The van der Waals surface area contributed by atoms with Gasteiger partial charge in [0.1, 0.15) is 23.0 Å². The monoisotopic (exact) mass is 941 g/mol. The second-order valence-electron chi connectivity index (χ2n) is 22.0. The molecule has 5 rings (SSSR count). The van der Waals surface area contributed by atoms with Crippen molar-refractivity contribution in [1.29, 1.82) is 0 Å². The van der Waals surface area contributed by atoms with E-state index in [4.69, 9.17) is 18.1 Å². The van der Waals surface area contributed by atoms with Crippen LogP contribution in [-0.4, -0.2) is 35.5 Å². The van der Waals surface area contributed by atoms with Crippen LogP contribution in [0.3, 0.4) is 0 Å². The zero-order valence-electron chi connectivity index (χ0n) is 44.9. The van der Waals surface area contributed by atoms with Gasteiger partial charge in [-0.05, 0) is 113 Å². The van der Waals surface area contributed by atoms with Crippen molar-refractivity contribution in [2.45, 2.75) is 206 Å². The van der Waals surface area contributed by atoms with Crippen molar-refractivity contribution in [2.24, 2.45) is 5.41 Å². The van der Waals surface area contributed by atoms with Crippen LogP contribution >= 0.6 is 17.1 Å². The molecule has 3 aromatic rings. The normalized spacial score (nSPS) is 16.4. The molecule has 0 aromatic heterocycles. The summed E-state index contributed by atoms with van der Waals surface area (Å²) in [6.07, 6.45) is 12.1. The zero-order valence-corrected chi connectivity index (χ0v) is 46.7. The molecule has 0 radical (unpaired) electrons. The molecule has 3 aromatic carbocycles. The van der Waals surface area contributed by atoms with E-state index in [0.717, 1.165) is 113 Å². The molecule has 366 valence electrons. The van der Waals surface area contributed by atoms with Gasteiger partial charge in [0.25, 0.3) is 0 Å². The number of benzene rings is 3. The van der Waals surface area contributed by atoms with Crippen molar-refractivity contribution >= 4 is 17.1 Å². The van der Waals surface area contributed by atoms with Crippen LogP contribution in [0.2, 0.25) is 0 Å². The van der Waals surface area contributed by atoms with E-state index in [9.17, 15) is 0 Å². The molecule has 0 fully saturated rings. The third kappa shape index (κ3) is 12.7. The maximum atomic E-state index is 7.56. The Kier molecular flexibility index (Phi) is 19.0. The first-order valence-corrected chi connectivity index (χ1v) is 28.1. The second-order valence-corrected chi connectivity index (χ2v) is 24.8. The lowest BCUT2D eigenvalue weighted by atomic mass is 9.79. The molecule has 2 atom stereocenters. The average molecular weight is 941 g/mol. The van der Waals surface area contributed by atoms with Gasteiger partial charge in [-0.15, -0.1) is 0 Å². The van der Waals surface area contributed by atoms with E-state index in [1.54, 1.807) is 0 Å². The fourth-order valence-corrected chi connectivity index (χ4v) is 12.7. The maximum Gasteiger partial charge on any atom is 0.384 e. The third-order valence-corrected chi connectivity index (χ3v) is 17.0. The largest absolute Gasteiger partial charge is 0.427 e. The molecule has 1 aliphatic heterocycles. The summed E-state index contributed by atoms with van der Waals surface area (Å²) in [5.41, 5.74) is 14.4. The van der Waals surface area contributed by atoms with E-state index in [1.807, 2.05) is 0 Å². The van der Waals surface area contributed by atoms with E-state index < -0.39 is 17.1 Å². The van der Waals surface area contributed by atoms with Crippen LogP contribution in [0, 0.1) is 5.41 Å². The highest BCUT2D eigenvalue weighted by Crippen LogP contribution is 2.55. The molecule has 0 amide bonds. The molecule has 0 bridgehead atoms. The summed E-state index contributed by atoms with van der Waals surface area (Å²) in [4.78, 5) is 0. The predicted octanol–water partition coefficient (Wildman–Crippen LogP) is 17.4. The van der Waals surface area contributed by atoms with Crippen molar-refractivity contribution in [3.8, 4) is 17.2 Å². The molecule has 0 spiro atoms. The van der Waals surface area contributed by atoms with Crippen molar-refractivity contribution in [1.82, 2.24) is 9.34 Å². The van der Waals surface area contributed by atoms with Gasteiger partial charge < -0.3 is 18.1 Å². The fraction of sp³-hybridized carbons (Fsp3) is 0.621. The lowest BCUT2D eigenvalue weighted by Gasteiger charge is -2.37. The Hall–Kier alpha value is -2.88. The number of hydrogen-bond acceptors (Lipinski definition) is 6. The summed E-state index contributed by atoms with van der Waals surface area (Å²) in [6.45, 7) is 44.6. The van der Waals surface area contributed by atoms with Gasteiger partial charge in [-0.1, -0.05) is 173 Å². The number of fused-ring (bicyclic) bond motifs is 2. The van der Waals surface area contributed by atoms with Crippen LogP contribution in [0.5, 0.6) is 17.2 Å². The Morgan fingerprint density at radius 3 is 1.79 bits per heavy atom. The van der Waals surface area contributed by atoms with Crippen LogP contribution < -0.4 is 13.6 Å². The summed E-state index contributed by atoms with van der Waals surface area (Å²) in [6, 6.07) is 14.0. The van der Waals surface area contributed by atoms with Crippen LogP contribution in [-0.2, 0) is 47.5 Å². The molecule has 1 aliphatic carbocycles. The van der Waals surface area contributed by atoms with Crippen LogP contribution in [0.1, 0.15) is 213 Å². The van der Waals surface area contributed by atoms with E-state index >= 15 is 0 Å². The summed E-state index contributed by atoms with van der Waals surface area (Å²) >= 11 is 0. The number of hydrogen-bond donors (Lipinski definition) is 0. The minimum atomic E-state index is -1.54. The first kappa shape index (κ1) is 54.1. The Bertz CT molecular complexity index is 2170. The standard InChI is InChI=1S/C58H90N2O4P2/c1-19-27-46-42(21-3)30-34-50(57(13,14)15)54(46)63-65(61-52-38-41(20-2)28-33-49(52)56(10,11)12)59(24-6)36-26-37-60(25-7)66-62-53-45(40(8)9)32-29-43(22-4)47(53)39-48-44(23-5)31-35-51(55(48)64-66)58(16,17)18/h29-32,34-35,38,40H,19-28,33,36-37,39H2,1-18H3. The minimum absolute atomic E-state index is 0.0219. The van der Waals surface area contributed by atoms with Crippen LogP contribution in [0.4, 0.5) is 0 Å². The summed E-state index contributed by atoms with van der Waals surface area (Å²) in [7, 11) is -3.05. The molecule has 0 saturated heterocycles. The van der Waals surface area contributed by atoms with Crippen LogP contribution in [0.25, 0.3) is 0 Å². The average Bonchev–Trinajstić information content (AvgIpc) is 3.25. The fourth-order valence-electron chi connectivity index (χ4n) is 9.65. The summed E-state index contributed by atoms with van der Waals surface area (Å²) < 4.78 is 34.8. The topological polar surface area (TPSA) is 43.4 Å². The first-order chi connectivity index (χ1) is 31.1. The van der Waals surface area contributed by atoms with Gasteiger partial charge >= 0.3 is 17.1 Å². The predicted molar refractivity (Wildman–Crippen MR) is 286 cm³/mol. The van der Waals surface area contributed by atoms with Gasteiger partial charge in [-0.25, -0.2) is 9.34 Å². The Morgan fingerprint density at radius 1 is 0.652 bits per heavy atom. The first-order valence-electron chi connectivity index (χ1n) is 25.8. The highest BCUT2D eigenvalue weighted by atomic mass is 31.2. The van der Waals surface area contributed by atoms with Crippen molar-refractivity contribution in [3.63, 3.8) is 0 Å². The van der Waals surface area contributed by atoms with Gasteiger partial charge in [-0.3, -0.25) is 0 Å². The molecule has 1 heterocycles. The Balaban J connectivity index is 1.59. The quantitative estimate of drug-likeness (QED) is 0.112. The van der Waals surface area contributed by atoms with Crippen molar-refractivity contribution in [3.05, 3.63) is 109 Å². The van der Waals surface area contributed by atoms with E-state index in [-0.39, 0.29) is 16.2 Å². The van der Waals surface area contributed by atoms with E-state index in [1.165, 1.54) is 61.2 Å². The lowest BCUT2D eigenvalue weighted by molar-refractivity contribution is 0.294. The molecule has 2 unspecified atom stereocenters. The van der Waals surface area contributed by atoms with Crippen molar-refractivity contribution < 1.29 is 18.1 Å². The van der Waals surface area contributed by atoms with Gasteiger partial charge in [0.05, 0.1) is 0 Å². The maximum absolute atomic E-state index is 7.56. The molecular weight excluding hydrogens is 851 g/mol. The molecule has 2 aliphatic rings. The van der Waals surface area contributed by atoms with Gasteiger partial charge in [-0.2, -0.15) is 0 Å². The SMILES string of the molecule is CCCc1c(CC)ccc(C(C)(C)C)c1OP(OC1=C(C(C)(C)C)CCC(CC)=C1)N(CC)CCCN(CC)P1Oc2c(C(C)C)ccc(CC)c2Cc2c(CC)ccc(C(C)(C)C)c2O1. The van der Waals surface area contributed by atoms with E-state index in [0.29, 0.717) is 5.92 Å². The number of nitrogens with zero attached hydrogens (tertiary/aromatic N) is 2. The minimum Gasteiger partial charge on any atom is -0.427 e. The summed E-state index contributed by atoms with van der Waals surface area (Å²) in [5, 5.41) is 0. The van der Waals surface area contributed by atoms with Gasteiger partial charge in [0, 0.05) is 54.9 Å². The third-order valence-electron chi connectivity index (χ3n) is 13.7. The van der Waals surface area contributed by atoms with Gasteiger partial charge in [0.15, 0.2) is 0 Å². The molecule has 0 saturated carbocycles. The molecule has 66 heavy (non-hydrogen) atoms. The van der Waals surface area contributed by atoms with Crippen molar-refractivity contribution in [2.75, 3.05) is 26.2 Å². The second kappa shape index (κ2) is 23.2. The number of allylic oxidation sites excluding steroid dienone is 3.